The van der Waals surface area contributed by atoms with E-state index in [1.54, 1.807) is 42.5 Å². The molecule has 0 bridgehead atoms. The van der Waals surface area contributed by atoms with Gasteiger partial charge in [-0.1, -0.05) is 57.2 Å². The predicted molar refractivity (Wildman–Crippen MR) is 97.6 cm³/mol. The summed E-state index contributed by atoms with van der Waals surface area (Å²) in [5.74, 6) is 0.294. The Morgan fingerprint density at radius 2 is 1.33 bits per heavy atom. The van der Waals surface area contributed by atoms with Gasteiger partial charge in [-0.15, -0.1) is 0 Å². The average Bonchev–Trinajstić information content (AvgIpc) is 2.51. The standard InChI is InChI=1S/C20H22O3Si/c1-20(2,3)24(4,5)23-16-12-8-11-15-17(16)19(22)14-10-7-6-9-13(14)18(15)21/h6-12H,1-5H3. The molecular weight excluding hydrogens is 316 g/mol. The third kappa shape index (κ3) is 2.51. The lowest BCUT2D eigenvalue weighted by molar-refractivity contribution is 0.0977. The highest BCUT2D eigenvalue weighted by atomic mass is 28.4. The Labute approximate surface area is 143 Å². The van der Waals surface area contributed by atoms with Crippen LogP contribution < -0.4 is 4.43 Å². The largest absolute Gasteiger partial charge is 0.543 e. The zero-order valence-corrected chi connectivity index (χ0v) is 15.8. The summed E-state index contributed by atoms with van der Waals surface area (Å²) in [6, 6.07) is 12.3. The first-order valence-electron chi connectivity index (χ1n) is 8.14. The molecule has 3 nitrogen and oxygen atoms in total. The number of ketones is 2. The third-order valence-electron chi connectivity index (χ3n) is 5.09. The number of hydrogen-bond acceptors (Lipinski definition) is 3. The maximum atomic E-state index is 13.0. The summed E-state index contributed by atoms with van der Waals surface area (Å²) in [5, 5.41) is 0.00928. The number of carbonyl (C=O) groups is 2. The van der Waals surface area contributed by atoms with Gasteiger partial charge in [0, 0.05) is 16.7 Å². The molecule has 0 N–H and O–H groups in total. The van der Waals surface area contributed by atoms with Crippen molar-refractivity contribution in [3.8, 4) is 5.75 Å². The van der Waals surface area contributed by atoms with Crippen LogP contribution in [0.15, 0.2) is 42.5 Å². The van der Waals surface area contributed by atoms with Crippen LogP contribution >= 0.6 is 0 Å². The van der Waals surface area contributed by atoms with Crippen molar-refractivity contribution in [2.24, 2.45) is 0 Å². The third-order valence-corrected chi connectivity index (χ3v) is 9.43. The average molecular weight is 338 g/mol. The maximum absolute atomic E-state index is 13.0. The molecule has 0 radical (unpaired) electrons. The van der Waals surface area contributed by atoms with Crippen LogP contribution in [0.4, 0.5) is 0 Å². The molecule has 2 aromatic carbocycles. The molecule has 0 fully saturated rings. The second-order valence-corrected chi connectivity index (χ2v) is 12.5. The van der Waals surface area contributed by atoms with Gasteiger partial charge in [0.15, 0.2) is 11.6 Å². The Hall–Kier alpha value is -2.20. The fourth-order valence-corrected chi connectivity index (χ4v) is 3.65. The van der Waals surface area contributed by atoms with E-state index in [0.29, 0.717) is 28.0 Å². The van der Waals surface area contributed by atoms with Gasteiger partial charge in [0.1, 0.15) is 5.75 Å². The molecular formula is C20H22O3Si. The second-order valence-electron chi connectivity index (χ2n) is 7.74. The van der Waals surface area contributed by atoms with Crippen LogP contribution in [0, 0.1) is 0 Å². The first kappa shape index (κ1) is 16.6. The van der Waals surface area contributed by atoms with Crippen molar-refractivity contribution in [3.05, 3.63) is 64.7 Å². The SMILES string of the molecule is CC(C)(C)[Si](C)(C)Oc1cccc2c1C(=O)c1ccccc1C2=O. The van der Waals surface area contributed by atoms with Gasteiger partial charge in [0.05, 0.1) is 5.56 Å². The molecule has 0 heterocycles. The van der Waals surface area contributed by atoms with Crippen LogP contribution in [0.25, 0.3) is 0 Å². The van der Waals surface area contributed by atoms with Crippen LogP contribution in [0.3, 0.4) is 0 Å². The lowest BCUT2D eigenvalue weighted by atomic mass is 9.84. The van der Waals surface area contributed by atoms with E-state index >= 15 is 0 Å². The van der Waals surface area contributed by atoms with Gasteiger partial charge in [0.25, 0.3) is 8.32 Å². The number of rotatable bonds is 2. The Balaban J connectivity index is 2.15. The second kappa shape index (κ2) is 5.41. The van der Waals surface area contributed by atoms with Gasteiger partial charge in [-0.3, -0.25) is 9.59 Å². The minimum absolute atomic E-state index is 0.00928. The summed E-state index contributed by atoms with van der Waals surface area (Å²) < 4.78 is 6.36. The van der Waals surface area contributed by atoms with E-state index < -0.39 is 8.32 Å². The summed E-state index contributed by atoms with van der Waals surface area (Å²) in [5.41, 5.74) is 1.78. The molecule has 4 heteroatoms. The van der Waals surface area contributed by atoms with Crippen molar-refractivity contribution in [2.75, 3.05) is 0 Å². The Morgan fingerprint density at radius 1 is 0.792 bits per heavy atom. The molecule has 2 aromatic rings. The fourth-order valence-electron chi connectivity index (χ4n) is 2.63. The maximum Gasteiger partial charge on any atom is 0.250 e. The van der Waals surface area contributed by atoms with E-state index in [1.165, 1.54) is 0 Å². The quantitative estimate of drug-likeness (QED) is 0.628. The molecule has 0 amide bonds. The molecule has 0 aliphatic heterocycles. The monoisotopic (exact) mass is 338 g/mol. The van der Waals surface area contributed by atoms with Gasteiger partial charge in [-0.25, -0.2) is 0 Å². The highest BCUT2D eigenvalue weighted by Crippen LogP contribution is 2.40. The summed E-state index contributed by atoms with van der Waals surface area (Å²) in [7, 11) is -2.11. The van der Waals surface area contributed by atoms with Crippen LogP contribution in [0.5, 0.6) is 5.75 Å². The minimum atomic E-state index is -2.11. The summed E-state index contributed by atoms with van der Waals surface area (Å²) in [4.78, 5) is 25.8. The highest BCUT2D eigenvalue weighted by Gasteiger charge is 2.41. The molecule has 1 aliphatic carbocycles. The van der Waals surface area contributed by atoms with E-state index in [9.17, 15) is 9.59 Å². The topological polar surface area (TPSA) is 43.4 Å². The molecule has 124 valence electrons. The molecule has 3 rings (SSSR count). The van der Waals surface area contributed by atoms with Crippen molar-refractivity contribution in [2.45, 2.75) is 38.9 Å². The molecule has 0 atom stereocenters. The summed E-state index contributed by atoms with van der Waals surface area (Å²) in [6.07, 6.45) is 0. The molecule has 0 spiro atoms. The van der Waals surface area contributed by atoms with Gasteiger partial charge in [-0.05, 0) is 24.2 Å². The first-order valence-corrected chi connectivity index (χ1v) is 11.0. The summed E-state index contributed by atoms with van der Waals surface area (Å²) >= 11 is 0. The van der Waals surface area contributed by atoms with E-state index in [4.69, 9.17) is 4.43 Å². The lowest BCUT2D eigenvalue weighted by Crippen LogP contribution is -2.44. The predicted octanol–water partition coefficient (Wildman–Crippen LogP) is 4.85. The lowest BCUT2D eigenvalue weighted by Gasteiger charge is -2.37. The number of fused-ring (bicyclic) bond motifs is 2. The minimum Gasteiger partial charge on any atom is -0.543 e. The van der Waals surface area contributed by atoms with E-state index in [2.05, 4.69) is 33.9 Å². The molecule has 0 aromatic heterocycles. The van der Waals surface area contributed by atoms with Crippen molar-refractivity contribution in [1.82, 2.24) is 0 Å². The highest BCUT2D eigenvalue weighted by molar-refractivity contribution is 6.74. The molecule has 1 aliphatic rings. The van der Waals surface area contributed by atoms with E-state index in [1.807, 2.05) is 0 Å². The van der Waals surface area contributed by atoms with Crippen molar-refractivity contribution < 1.29 is 14.0 Å². The van der Waals surface area contributed by atoms with Gasteiger partial charge >= 0.3 is 0 Å². The van der Waals surface area contributed by atoms with E-state index in [-0.39, 0.29) is 16.6 Å². The molecule has 0 saturated heterocycles. The van der Waals surface area contributed by atoms with Crippen LogP contribution in [-0.4, -0.2) is 19.9 Å². The van der Waals surface area contributed by atoms with Gasteiger partial charge < -0.3 is 4.43 Å². The van der Waals surface area contributed by atoms with Crippen LogP contribution in [0.2, 0.25) is 18.1 Å². The normalized spacial score (nSPS) is 14.2. The van der Waals surface area contributed by atoms with Crippen LogP contribution in [-0.2, 0) is 0 Å². The van der Waals surface area contributed by atoms with Crippen molar-refractivity contribution in [1.29, 1.82) is 0 Å². The van der Waals surface area contributed by atoms with Crippen molar-refractivity contribution in [3.63, 3.8) is 0 Å². The van der Waals surface area contributed by atoms with E-state index in [0.717, 1.165) is 0 Å². The van der Waals surface area contributed by atoms with Crippen LogP contribution in [0.1, 0.15) is 52.6 Å². The van der Waals surface area contributed by atoms with Gasteiger partial charge in [0.2, 0.25) is 0 Å². The summed E-state index contributed by atoms with van der Waals surface area (Å²) in [6.45, 7) is 10.7. The first-order chi connectivity index (χ1) is 11.1. The number of hydrogen-bond donors (Lipinski definition) is 0. The Kier molecular flexibility index (Phi) is 3.76. The van der Waals surface area contributed by atoms with Gasteiger partial charge in [-0.2, -0.15) is 0 Å². The molecule has 24 heavy (non-hydrogen) atoms. The zero-order chi connectivity index (χ0) is 17.7. The Morgan fingerprint density at radius 3 is 1.92 bits per heavy atom. The smallest absolute Gasteiger partial charge is 0.250 e. The Bertz CT molecular complexity index is 844. The van der Waals surface area contributed by atoms with Crippen molar-refractivity contribution >= 4 is 19.9 Å². The number of carbonyl (C=O) groups excluding carboxylic acids is 2. The fraction of sp³-hybridized carbons (Fsp3) is 0.300. The number of benzene rings is 2. The molecule has 0 saturated carbocycles. The molecule has 0 unspecified atom stereocenters. The zero-order valence-electron chi connectivity index (χ0n) is 14.8.